The van der Waals surface area contributed by atoms with Crippen LogP contribution in [0.4, 0.5) is 0 Å². The Kier molecular flexibility index (Phi) is 4.64. The zero-order valence-corrected chi connectivity index (χ0v) is 8.78. The lowest BCUT2D eigenvalue weighted by Crippen LogP contribution is -2.20. The molecule has 0 spiro atoms. The van der Waals surface area contributed by atoms with Gasteiger partial charge in [-0.25, -0.2) is 4.72 Å². The van der Waals surface area contributed by atoms with Gasteiger partial charge in [-0.05, 0) is 40.1 Å². The fourth-order valence-electron chi connectivity index (χ4n) is 0.231. The molecule has 0 radical (unpaired) electrons. The maximum absolute atomic E-state index is 9.18. The Hall–Kier alpha value is 1.15. The van der Waals surface area contributed by atoms with Crippen molar-refractivity contribution in [2.24, 2.45) is 0 Å². The molecule has 0 aliphatic rings. The standard InChI is InChI=1S/C2H7NOS5/c1-2-3-9(4,7)8(5)6/h2H2,1H3,(H2,3,4,7). The molecule has 0 bridgehead atoms. The molecule has 9 heavy (non-hydrogen) atoms. The summed E-state index contributed by atoms with van der Waals surface area (Å²) in [6, 6.07) is 0. The topological polar surface area (TPSA) is 32.3 Å². The highest BCUT2D eigenvalue weighted by Gasteiger charge is 1.89. The van der Waals surface area contributed by atoms with E-state index in [0.29, 0.717) is 6.54 Å². The molecule has 56 valence electrons. The highest BCUT2D eigenvalue weighted by molar-refractivity contribution is 8.76. The first-order valence-corrected chi connectivity index (χ1v) is 8.22. The first kappa shape index (κ1) is 10.2. The average Bonchev–Trinajstić information content (AvgIpc) is 1.65. The van der Waals surface area contributed by atoms with Crippen molar-refractivity contribution in [1.29, 1.82) is 0 Å². The second kappa shape index (κ2) is 4.12. The molecule has 2 nitrogen and oxygen atoms in total. The average molecular weight is 221 g/mol. The van der Waals surface area contributed by atoms with E-state index in [-0.39, 0.29) is 0 Å². The van der Waals surface area contributed by atoms with Crippen LogP contribution in [0.1, 0.15) is 6.92 Å². The summed E-state index contributed by atoms with van der Waals surface area (Å²) in [7, 11) is -2.26. The lowest BCUT2D eigenvalue weighted by atomic mass is 10.8. The Morgan fingerprint density at radius 1 is 1.67 bits per heavy atom. The lowest BCUT2D eigenvalue weighted by Gasteiger charge is -2.00. The van der Waals surface area contributed by atoms with Gasteiger partial charge in [0.2, 0.25) is 0 Å². The number of hydrogen-bond donors (Lipinski definition) is 2. The molecule has 0 aromatic heterocycles. The second-order valence-electron chi connectivity index (χ2n) is 1.18. The van der Waals surface area contributed by atoms with Crippen LogP contribution >= 0.6 is 0 Å². The minimum atomic E-state index is -2.26. The van der Waals surface area contributed by atoms with Crippen LogP contribution in [-0.2, 0) is 47.8 Å². The van der Waals surface area contributed by atoms with E-state index in [9.17, 15) is 4.55 Å². The van der Waals surface area contributed by atoms with Gasteiger partial charge in [-0.2, -0.15) is 0 Å². The van der Waals surface area contributed by atoms with Crippen molar-refractivity contribution in [3.05, 3.63) is 0 Å². The maximum Gasteiger partial charge on any atom is 0.0776 e. The molecule has 0 rings (SSSR count). The van der Waals surface area contributed by atoms with E-state index in [0.717, 1.165) is 0 Å². The van der Waals surface area contributed by atoms with Gasteiger partial charge in [0.05, 0.1) is 7.61 Å². The van der Waals surface area contributed by atoms with Gasteiger partial charge in [0.1, 0.15) is 0 Å². The van der Waals surface area contributed by atoms with E-state index in [1.54, 1.807) is 0 Å². The summed E-state index contributed by atoms with van der Waals surface area (Å²) < 4.78 is 11.9. The lowest BCUT2D eigenvalue weighted by molar-refractivity contribution is 0.641. The summed E-state index contributed by atoms with van der Waals surface area (Å²) in [5.74, 6) is 0. The predicted molar refractivity (Wildman–Crippen MR) is 53.1 cm³/mol. The minimum Gasteiger partial charge on any atom is -0.314 e. The molecule has 0 heterocycles. The normalized spacial score (nSPS) is 16.7. The van der Waals surface area contributed by atoms with Gasteiger partial charge in [-0.1, -0.05) is 6.92 Å². The number of nitrogens with one attached hydrogen (secondary N) is 1. The maximum atomic E-state index is 9.18. The zero-order chi connectivity index (χ0) is 7.49. The van der Waals surface area contributed by atoms with Crippen molar-refractivity contribution in [1.82, 2.24) is 4.72 Å². The Morgan fingerprint density at radius 2 is 2.11 bits per heavy atom. The molecule has 0 fully saturated rings. The summed E-state index contributed by atoms with van der Waals surface area (Å²) in [5, 5.41) is 0. The third-order valence-corrected chi connectivity index (χ3v) is 9.67. The van der Waals surface area contributed by atoms with Gasteiger partial charge < -0.3 is 4.55 Å². The molecule has 0 saturated carbocycles. The van der Waals surface area contributed by atoms with E-state index >= 15 is 0 Å². The third kappa shape index (κ3) is 3.76. The molecule has 1 atom stereocenters. The Morgan fingerprint density at radius 3 is 2.22 bits per heavy atom. The highest BCUT2D eigenvalue weighted by atomic mass is 33.4. The van der Waals surface area contributed by atoms with Crippen LogP contribution in [0.2, 0.25) is 0 Å². The fraction of sp³-hybridized carbons (Fsp3) is 1.00. The van der Waals surface area contributed by atoms with Gasteiger partial charge >= 0.3 is 0 Å². The predicted octanol–water partition coefficient (Wildman–Crippen LogP) is 0.0569. The van der Waals surface area contributed by atoms with E-state index in [4.69, 9.17) is 11.2 Å². The molecule has 0 aliphatic carbocycles. The fourth-order valence-corrected chi connectivity index (χ4v) is 2.55. The summed E-state index contributed by atoms with van der Waals surface area (Å²) in [6.45, 7) is 1.55. The minimum absolute atomic E-state index is 0.617. The van der Waals surface area contributed by atoms with E-state index in [2.05, 4.69) is 27.1 Å². The third-order valence-electron chi connectivity index (χ3n) is 0.511. The molecule has 0 aromatic rings. The van der Waals surface area contributed by atoms with E-state index < -0.39 is 14.2 Å². The Bertz CT molecular complexity index is 272. The van der Waals surface area contributed by atoms with Crippen molar-refractivity contribution < 1.29 is 4.55 Å². The number of hydrogen-bond acceptors (Lipinski definition) is 3. The Balaban J connectivity index is 4.87. The molecule has 0 aromatic carbocycles. The Labute approximate surface area is 70.2 Å². The summed E-state index contributed by atoms with van der Waals surface area (Å²) >= 11 is 14.0. The van der Waals surface area contributed by atoms with E-state index in [1.165, 1.54) is 0 Å². The van der Waals surface area contributed by atoms with Crippen LogP contribution in [0.3, 0.4) is 0 Å². The van der Waals surface area contributed by atoms with Crippen LogP contribution in [0, 0.1) is 0 Å². The molecular weight excluding hydrogens is 214 g/mol. The van der Waals surface area contributed by atoms with Crippen molar-refractivity contribution in [3.63, 3.8) is 0 Å². The van der Waals surface area contributed by atoms with Gasteiger partial charge in [0.15, 0.2) is 0 Å². The summed E-state index contributed by atoms with van der Waals surface area (Å²) in [6.07, 6.45) is 0. The van der Waals surface area contributed by atoms with Crippen LogP contribution in [0.15, 0.2) is 0 Å². The quantitative estimate of drug-likeness (QED) is 0.689. The summed E-state index contributed by atoms with van der Waals surface area (Å²) in [5.41, 5.74) is 0. The van der Waals surface area contributed by atoms with Crippen LogP contribution < -0.4 is 4.72 Å². The van der Waals surface area contributed by atoms with Crippen LogP contribution in [0.5, 0.6) is 0 Å². The van der Waals surface area contributed by atoms with Gasteiger partial charge in [-0.3, -0.25) is 0 Å². The molecule has 0 saturated heterocycles. The van der Waals surface area contributed by atoms with Gasteiger partial charge in [-0.15, -0.1) is 0 Å². The molecule has 0 amide bonds. The number of rotatable bonds is 2. The van der Waals surface area contributed by atoms with Gasteiger partial charge in [0.25, 0.3) is 0 Å². The largest absolute Gasteiger partial charge is 0.314 e. The first-order valence-electron chi connectivity index (χ1n) is 2.11. The van der Waals surface area contributed by atoms with Crippen LogP contribution in [0.25, 0.3) is 0 Å². The highest BCUT2D eigenvalue weighted by Crippen LogP contribution is 1.77. The monoisotopic (exact) mass is 221 g/mol. The smallest absolute Gasteiger partial charge is 0.0776 e. The van der Waals surface area contributed by atoms with Crippen molar-refractivity contribution in [2.75, 3.05) is 6.54 Å². The molecular formula is C2H7NOS5. The second-order valence-corrected chi connectivity index (χ2v) is 11.3. The summed E-state index contributed by atoms with van der Waals surface area (Å²) in [4.78, 5) is 0. The van der Waals surface area contributed by atoms with Crippen molar-refractivity contribution >= 4 is 47.8 Å². The molecule has 1 unspecified atom stereocenters. The van der Waals surface area contributed by atoms with E-state index in [1.807, 2.05) is 6.92 Å². The van der Waals surface area contributed by atoms with Crippen molar-refractivity contribution in [3.8, 4) is 0 Å². The molecule has 7 heteroatoms. The zero-order valence-electron chi connectivity index (χ0n) is 4.70. The molecule has 0 aliphatic heterocycles. The van der Waals surface area contributed by atoms with Crippen LogP contribution in [-0.4, -0.2) is 11.1 Å². The van der Waals surface area contributed by atoms with Crippen molar-refractivity contribution in [2.45, 2.75) is 6.92 Å². The van der Waals surface area contributed by atoms with Gasteiger partial charge in [0, 0.05) is 6.54 Å². The SMILES string of the molecule is CCNS(O)(=S)=S(=S)=S. The first-order chi connectivity index (χ1) is 4.00. The molecule has 2 N–H and O–H groups in total.